The molecule has 0 amide bonds. The summed E-state index contributed by atoms with van der Waals surface area (Å²) in [5.41, 5.74) is 2.97. The summed E-state index contributed by atoms with van der Waals surface area (Å²) in [4.78, 5) is 2.11. The SMILES string of the molecule is CC(C)C1CCc2c1ccc(N1CCOCC1)c2F. The molecule has 19 heavy (non-hydrogen) atoms. The molecule has 0 aromatic heterocycles. The van der Waals surface area contributed by atoms with Crippen molar-refractivity contribution in [3.05, 3.63) is 29.1 Å². The molecule has 0 spiro atoms. The van der Waals surface area contributed by atoms with Crippen molar-refractivity contribution in [2.75, 3.05) is 31.2 Å². The van der Waals surface area contributed by atoms with E-state index < -0.39 is 0 Å². The van der Waals surface area contributed by atoms with E-state index in [2.05, 4.69) is 24.8 Å². The minimum atomic E-state index is 0.0163. The van der Waals surface area contributed by atoms with Crippen LogP contribution >= 0.6 is 0 Å². The van der Waals surface area contributed by atoms with Gasteiger partial charge in [0, 0.05) is 13.1 Å². The number of halogens is 1. The van der Waals surface area contributed by atoms with Crippen LogP contribution in [0.25, 0.3) is 0 Å². The molecule has 2 aliphatic rings. The van der Waals surface area contributed by atoms with Gasteiger partial charge in [0.1, 0.15) is 5.82 Å². The Hall–Kier alpha value is -1.09. The van der Waals surface area contributed by atoms with E-state index in [1.54, 1.807) is 0 Å². The van der Waals surface area contributed by atoms with Crippen LogP contribution < -0.4 is 4.90 Å². The topological polar surface area (TPSA) is 12.5 Å². The lowest BCUT2D eigenvalue weighted by atomic mass is 9.90. The second-order valence-electron chi connectivity index (χ2n) is 5.96. The van der Waals surface area contributed by atoms with Gasteiger partial charge in [0.2, 0.25) is 0 Å². The number of benzene rings is 1. The minimum absolute atomic E-state index is 0.0163. The summed E-state index contributed by atoms with van der Waals surface area (Å²) in [5.74, 6) is 1.14. The lowest BCUT2D eigenvalue weighted by Crippen LogP contribution is -2.36. The summed E-state index contributed by atoms with van der Waals surface area (Å²) >= 11 is 0. The quantitative estimate of drug-likeness (QED) is 0.811. The van der Waals surface area contributed by atoms with Crippen molar-refractivity contribution in [2.45, 2.75) is 32.6 Å². The highest BCUT2D eigenvalue weighted by Crippen LogP contribution is 2.41. The molecule has 0 bridgehead atoms. The molecule has 1 unspecified atom stereocenters. The Morgan fingerprint density at radius 2 is 2.00 bits per heavy atom. The molecule has 3 heteroatoms. The molecule has 2 nitrogen and oxygen atoms in total. The van der Waals surface area contributed by atoms with E-state index in [-0.39, 0.29) is 5.82 Å². The van der Waals surface area contributed by atoms with Gasteiger partial charge in [0.05, 0.1) is 18.9 Å². The highest BCUT2D eigenvalue weighted by atomic mass is 19.1. The Labute approximate surface area is 114 Å². The summed E-state index contributed by atoms with van der Waals surface area (Å²) in [6.07, 6.45) is 1.98. The van der Waals surface area contributed by atoms with Crippen LogP contribution in [0.15, 0.2) is 12.1 Å². The highest BCUT2D eigenvalue weighted by molar-refractivity contribution is 5.55. The third-order valence-corrected chi connectivity index (χ3v) is 4.52. The molecule has 3 rings (SSSR count). The van der Waals surface area contributed by atoms with Gasteiger partial charge in [-0.05, 0) is 41.9 Å². The van der Waals surface area contributed by atoms with Crippen molar-refractivity contribution in [3.63, 3.8) is 0 Å². The maximum absolute atomic E-state index is 14.7. The maximum atomic E-state index is 14.7. The molecule has 1 atom stereocenters. The van der Waals surface area contributed by atoms with Crippen molar-refractivity contribution in [3.8, 4) is 0 Å². The summed E-state index contributed by atoms with van der Waals surface area (Å²) in [7, 11) is 0. The molecular formula is C16H22FNO. The van der Waals surface area contributed by atoms with Crippen molar-refractivity contribution in [2.24, 2.45) is 5.92 Å². The van der Waals surface area contributed by atoms with E-state index in [9.17, 15) is 4.39 Å². The molecule has 1 aromatic rings. The van der Waals surface area contributed by atoms with Gasteiger partial charge in [-0.15, -0.1) is 0 Å². The summed E-state index contributed by atoms with van der Waals surface area (Å²) < 4.78 is 20.1. The van der Waals surface area contributed by atoms with E-state index in [0.29, 0.717) is 25.0 Å². The summed E-state index contributed by atoms with van der Waals surface area (Å²) in [6.45, 7) is 7.45. The van der Waals surface area contributed by atoms with Gasteiger partial charge >= 0.3 is 0 Å². The predicted octanol–water partition coefficient (Wildman–Crippen LogP) is 3.35. The Kier molecular flexibility index (Phi) is 3.48. The van der Waals surface area contributed by atoms with Crippen LogP contribution in [-0.2, 0) is 11.2 Å². The van der Waals surface area contributed by atoms with Crippen LogP contribution in [0, 0.1) is 11.7 Å². The molecule has 0 saturated carbocycles. The number of hydrogen-bond donors (Lipinski definition) is 0. The maximum Gasteiger partial charge on any atom is 0.149 e. The zero-order chi connectivity index (χ0) is 13.4. The fourth-order valence-electron chi connectivity index (χ4n) is 3.42. The summed E-state index contributed by atoms with van der Waals surface area (Å²) in [6, 6.07) is 4.13. The van der Waals surface area contributed by atoms with E-state index >= 15 is 0 Å². The first kappa shape index (κ1) is 12.9. The average Bonchev–Trinajstić information content (AvgIpc) is 2.85. The molecule has 1 aromatic carbocycles. The number of anilines is 1. The zero-order valence-electron chi connectivity index (χ0n) is 11.8. The Morgan fingerprint density at radius 1 is 1.26 bits per heavy atom. The van der Waals surface area contributed by atoms with Crippen LogP contribution in [0.4, 0.5) is 10.1 Å². The van der Waals surface area contributed by atoms with Crippen LogP contribution in [0.2, 0.25) is 0 Å². The smallest absolute Gasteiger partial charge is 0.149 e. The van der Waals surface area contributed by atoms with Crippen LogP contribution in [0.1, 0.15) is 37.3 Å². The minimum Gasteiger partial charge on any atom is -0.378 e. The number of hydrogen-bond acceptors (Lipinski definition) is 2. The number of rotatable bonds is 2. The van der Waals surface area contributed by atoms with E-state index in [1.807, 2.05) is 6.07 Å². The van der Waals surface area contributed by atoms with Crippen LogP contribution in [0.3, 0.4) is 0 Å². The fourth-order valence-corrected chi connectivity index (χ4v) is 3.42. The highest BCUT2D eigenvalue weighted by Gasteiger charge is 2.29. The normalized spacial score (nSPS) is 22.9. The van der Waals surface area contributed by atoms with Gasteiger partial charge in [-0.25, -0.2) is 4.39 Å². The van der Waals surface area contributed by atoms with Gasteiger partial charge in [-0.3, -0.25) is 0 Å². The first-order valence-corrected chi connectivity index (χ1v) is 7.32. The van der Waals surface area contributed by atoms with Gasteiger partial charge < -0.3 is 9.64 Å². The molecule has 1 aliphatic carbocycles. The lowest BCUT2D eigenvalue weighted by molar-refractivity contribution is 0.122. The van der Waals surface area contributed by atoms with Crippen molar-refractivity contribution in [1.29, 1.82) is 0 Å². The predicted molar refractivity (Wildman–Crippen MR) is 75.3 cm³/mol. The molecule has 104 valence electrons. The monoisotopic (exact) mass is 263 g/mol. The lowest BCUT2D eigenvalue weighted by Gasteiger charge is -2.30. The number of fused-ring (bicyclic) bond motifs is 1. The van der Waals surface area contributed by atoms with Gasteiger partial charge in [-0.1, -0.05) is 19.9 Å². The first-order chi connectivity index (χ1) is 9.18. The third-order valence-electron chi connectivity index (χ3n) is 4.52. The van der Waals surface area contributed by atoms with E-state index in [1.165, 1.54) is 5.56 Å². The molecule has 0 N–H and O–H groups in total. The number of morpholine rings is 1. The van der Waals surface area contributed by atoms with Crippen molar-refractivity contribution in [1.82, 2.24) is 0 Å². The van der Waals surface area contributed by atoms with Gasteiger partial charge in [0.25, 0.3) is 0 Å². The van der Waals surface area contributed by atoms with Crippen LogP contribution in [-0.4, -0.2) is 26.3 Å². The first-order valence-electron chi connectivity index (χ1n) is 7.32. The number of ether oxygens (including phenoxy) is 1. The standard InChI is InChI=1S/C16H22FNO/c1-11(2)12-3-4-14-13(12)5-6-15(16(14)17)18-7-9-19-10-8-18/h5-6,11-12H,3-4,7-10H2,1-2H3. The fraction of sp³-hybridized carbons (Fsp3) is 0.625. The molecule has 1 saturated heterocycles. The second kappa shape index (κ2) is 5.12. The summed E-state index contributed by atoms with van der Waals surface area (Å²) in [5, 5.41) is 0. The van der Waals surface area contributed by atoms with Crippen molar-refractivity contribution >= 4 is 5.69 Å². The molecule has 0 radical (unpaired) electrons. The Balaban J connectivity index is 1.93. The van der Waals surface area contributed by atoms with Crippen molar-refractivity contribution < 1.29 is 9.13 Å². The van der Waals surface area contributed by atoms with Crippen LogP contribution in [0.5, 0.6) is 0 Å². The molecule has 1 aliphatic heterocycles. The average molecular weight is 263 g/mol. The Morgan fingerprint density at radius 3 is 2.68 bits per heavy atom. The molecule has 1 heterocycles. The van der Waals surface area contributed by atoms with Gasteiger partial charge in [0.15, 0.2) is 0 Å². The molecule has 1 fully saturated rings. The second-order valence-corrected chi connectivity index (χ2v) is 5.96. The molecular weight excluding hydrogens is 241 g/mol. The van der Waals surface area contributed by atoms with Gasteiger partial charge in [-0.2, -0.15) is 0 Å². The Bertz CT molecular complexity index is 466. The zero-order valence-corrected chi connectivity index (χ0v) is 11.8. The van der Waals surface area contributed by atoms with E-state index in [0.717, 1.165) is 37.2 Å². The third kappa shape index (κ3) is 2.25. The largest absolute Gasteiger partial charge is 0.378 e. The number of nitrogens with zero attached hydrogens (tertiary/aromatic N) is 1. The van der Waals surface area contributed by atoms with E-state index in [4.69, 9.17) is 4.74 Å².